The molecule has 0 bridgehead atoms. The summed E-state index contributed by atoms with van der Waals surface area (Å²) < 4.78 is 1.75. The lowest BCUT2D eigenvalue weighted by atomic mass is 9.92. The number of anilines is 1. The van der Waals surface area contributed by atoms with Crippen molar-refractivity contribution in [3.05, 3.63) is 82.6 Å². The van der Waals surface area contributed by atoms with Crippen molar-refractivity contribution in [1.82, 2.24) is 9.78 Å². The van der Waals surface area contributed by atoms with Crippen molar-refractivity contribution in [2.75, 3.05) is 5.32 Å². The van der Waals surface area contributed by atoms with Crippen LogP contribution in [0.3, 0.4) is 0 Å². The van der Waals surface area contributed by atoms with Crippen molar-refractivity contribution in [2.24, 2.45) is 0 Å². The van der Waals surface area contributed by atoms with Gasteiger partial charge in [-0.3, -0.25) is 9.48 Å². The summed E-state index contributed by atoms with van der Waals surface area (Å²) in [6.07, 6.45) is 0. The molecule has 3 aromatic rings. The first kappa shape index (κ1) is 18.2. The molecule has 0 atom stereocenters. The van der Waals surface area contributed by atoms with Gasteiger partial charge < -0.3 is 5.32 Å². The van der Waals surface area contributed by atoms with Crippen LogP contribution in [0.1, 0.15) is 42.5 Å². The summed E-state index contributed by atoms with van der Waals surface area (Å²) in [7, 11) is 0. The predicted molar refractivity (Wildman–Crippen MR) is 106 cm³/mol. The molecular weight excluding hydrogens is 346 g/mol. The summed E-state index contributed by atoms with van der Waals surface area (Å²) in [6, 6.07) is 19.0. The van der Waals surface area contributed by atoms with Gasteiger partial charge in [-0.25, -0.2) is 0 Å². The first-order valence-electron chi connectivity index (χ1n) is 8.53. The number of carbonyl (C=O) groups excluding carboxylic acids is 1. The predicted octanol–water partition coefficient (Wildman–Crippen LogP) is 5.13. The average molecular weight is 368 g/mol. The molecule has 0 aliphatic rings. The van der Waals surface area contributed by atoms with Gasteiger partial charge in [0.05, 0.1) is 22.9 Å². The van der Waals surface area contributed by atoms with Crippen LogP contribution in [0.25, 0.3) is 0 Å². The van der Waals surface area contributed by atoms with Crippen LogP contribution in [0.4, 0.5) is 5.69 Å². The number of carbonyl (C=O) groups is 1. The summed E-state index contributed by atoms with van der Waals surface area (Å²) in [6.45, 7) is 6.77. The van der Waals surface area contributed by atoms with Crippen molar-refractivity contribution in [1.29, 1.82) is 0 Å². The fraction of sp³-hybridized carbons (Fsp3) is 0.238. The van der Waals surface area contributed by atoms with Gasteiger partial charge in [-0.05, 0) is 23.8 Å². The number of para-hydroxylation sites is 1. The Morgan fingerprint density at radius 1 is 1.08 bits per heavy atom. The van der Waals surface area contributed by atoms with Gasteiger partial charge in [0, 0.05) is 5.41 Å². The Kier molecular flexibility index (Phi) is 5.14. The van der Waals surface area contributed by atoms with Crippen LogP contribution >= 0.6 is 11.6 Å². The lowest BCUT2D eigenvalue weighted by Crippen LogP contribution is -2.18. The number of nitrogens with zero attached hydrogens (tertiary/aromatic N) is 2. The molecule has 3 rings (SSSR count). The molecule has 0 saturated carbocycles. The van der Waals surface area contributed by atoms with E-state index in [2.05, 4.69) is 31.2 Å². The Morgan fingerprint density at radius 2 is 1.73 bits per heavy atom. The Morgan fingerprint density at radius 3 is 2.38 bits per heavy atom. The lowest BCUT2D eigenvalue weighted by molar-refractivity contribution is 0.101. The zero-order valence-electron chi connectivity index (χ0n) is 15.2. The van der Waals surface area contributed by atoms with Gasteiger partial charge in [0.15, 0.2) is 0 Å². The minimum Gasteiger partial charge on any atom is -0.319 e. The highest BCUT2D eigenvalue weighted by Crippen LogP contribution is 2.24. The van der Waals surface area contributed by atoms with Crippen LogP contribution < -0.4 is 5.32 Å². The first-order valence-corrected chi connectivity index (χ1v) is 8.90. The zero-order chi connectivity index (χ0) is 18.7. The van der Waals surface area contributed by atoms with E-state index in [1.165, 1.54) is 0 Å². The monoisotopic (exact) mass is 367 g/mol. The molecule has 2 aromatic carbocycles. The molecule has 1 N–H and O–H groups in total. The smallest absolute Gasteiger partial charge is 0.273 e. The SMILES string of the molecule is CC(C)(C)c1cc(C(=O)Nc2ccccc2Cl)n(Cc2ccccc2)n1. The molecule has 0 saturated heterocycles. The van der Waals surface area contributed by atoms with E-state index in [9.17, 15) is 4.79 Å². The molecule has 0 aliphatic carbocycles. The third kappa shape index (κ3) is 4.14. The fourth-order valence-electron chi connectivity index (χ4n) is 2.59. The summed E-state index contributed by atoms with van der Waals surface area (Å²) in [5.41, 5.74) is 2.91. The summed E-state index contributed by atoms with van der Waals surface area (Å²) in [5.74, 6) is -0.225. The van der Waals surface area contributed by atoms with Gasteiger partial charge in [-0.15, -0.1) is 0 Å². The molecule has 0 aliphatic heterocycles. The molecule has 1 heterocycles. The van der Waals surface area contributed by atoms with Crippen LogP contribution in [0, 0.1) is 0 Å². The van der Waals surface area contributed by atoms with Crippen LogP contribution in [0.15, 0.2) is 60.7 Å². The Hall–Kier alpha value is -2.59. The Bertz CT molecular complexity index is 911. The minimum atomic E-state index is -0.225. The van der Waals surface area contributed by atoms with Crippen molar-refractivity contribution in [3.63, 3.8) is 0 Å². The number of halogens is 1. The fourth-order valence-corrected chi connectivity index (χ4v) is 2.77. The molecule has 4 nitrogen and oxygen atoms in total. The van der Waals surface area contributed by atoms with Crippen LogP contribution in [-0.2, 0) is 12.0 Å². The number of nitrogens with one attached hydrogen (secondary N) is 1. The van der Waals surface area contributed by atoms with Crippen molar-refractivity contribution < 1.29 is 4.79 Å². The standard InChI is InChI=1S/C21H22ClN3O/c1-21(2,3)19-13-18(20(26)23-17-12-8-7-11-16(17)22)25(24-19)14-15-9-5-4-6-10-15/h4-13H,14H2,1-3H3,(H,23,26). The number of hydrogen-bond donors (Lipinski definition) is 1. The first-order chi connectivity index (χ1) is 12.3. The normalized spacial score (nSPS) is 11.4. The van der Waals surface area contributed by atoms with E-state index >= 15 is 0 Å². The largest absolute Gasteiger partial charge is 0.319 e. The molecule has 26 heavy (non-hydrogen) atoms. The Balaban J connectivity index is 1.95. The van der Waals surface area contributed by atoms with Gasteiger partial charge in [0.2, 0.25) is 0 Å². The number of rotatable bonds is 4. The average Bonchev–Trinajstić information content (AvgIpc) is 3.02. The van der Waals surface area contributed by atoms with Gasteiger partial charge in [-0.1, -0.05) is 74.8 Å². The molecular formula is C21H22ClN3O. The van der Waals surface area contributed by atoms with E-state index in [4.69, 9.17) is 11.6 Å². The molecule has 0 spiro atoms. The molecule has 0 fully saturated rings. The molecule has 0 radical (unpaired) electrons. The maximum atomic E-state index is 12.9. The highest BCUT2D eigenvalue weighted by atomic mass is 35.5. The van der Waals surface area contributed by atoms with E-state index in [1.54, 1.807) is 16.8 Å². The van der Waals surface area contributed by atoms with E-state index in [0.717, 1.165) is 11.3 Å². The molecule has 0 unspecified atom stereocenters. The second-order valence-electron chi connectivity index (χ2n) is 7.24. The summed E-state index contributed by atoms with van der Waals surface area (Å²) in [4.78, 5) is 12.9. The number of amides is 1. The Labute approximate surface area is 158 Å². The summed E-state index contributed by atoms with van der Waals surface area (Å²) >= 11 is 6.17. The van der Waals surface area contributed by atoms with Gasteiger partial charge in [0.25, 0.3) is 5.91 Å². The van der Waals surface area contributed by atoms with Gasteiger partial charge in [-0.2, -0.15) is 5.10 Å². The topological polar surface area (TPSA) is 46.9 Å². The maximum absolute atomic E-state index is 12.9. The van der Waals surface area contributed by atoms with E-state index in [-0.39, 0.29) is 11.3 Å². The second kappa shape index (κ2) is 7.34. The van der Waals surface area contributed by atoms with Gasteiger partial charge in [0.1, 0.15) is 5.69 Å². The van der Waals surface area contributed by atoms with E-state index < -0.39 is 0 Å². The number of hydrogen-bond acceptors (Lipinski definition) is 2. The van der Waals surface area contributed by atoms with Crippen LogP contribution in [-0.4, -0.2) is 15.7 Å². The second-order valence-corrected chi connectivity index (χ2v) is 7.65. The van der Waals surface area contributed by atoms with Crippen molar-refractivity contribution in [2.45, 2.75) is 32.7 Å². The highest BCUT2D eigenvalue weighted by molar-refractivity contribution is 6.33. The van der Waals surface area contributed by atoms with Gasteiger partial charge >= 0.3 is 0 Å². The quantitative estimate of drug-likeness (QED) is 0.694. The molecule has 1 amide bonds. The number of benzene rings is 2. The zero-order valence-corrected chi connectivity index (χ0v) is 15.9. The molecule has 5 heteroatoms. The minimum absolute atomic E-state index is 0.151. The third-order valence-electron chi connectivity index (χ3n) is 4.08. The summed E-state index contributed by atoms with van der Waals surface area (Å²) in [5, 5.41) is 8.08. The maximum Gasteiger partial charge on any atom is 0.273 e. The number of aromatic nitrogens is 2. The molecule has 1 aromatic heterocycles. The molecule has 134 valence electrons. The van der Waals surface area contributed by atoms with Crippen LogP contribution in [0.2, 0.25) is 5.02 Å². The third-order valence-corrected chi connectivity index (χ3v) is 4.41. The van der Waals surface area contributed by atoms with E-state index in [0.29, 0.717) is 22.9 Å². The van der Waals surface area contributed by atoms with E-state index in [1.807, 2.05) is 48.5 Å². The van der Waals surface area contributed by atoms with Crippen molar-refractivity contribution in [3.8, 4) is 0 Å². The lowest BCUT2D eigenvalue weighted by Gasteiger charge is -2.14. The van der Waals surface area contributed by atoms with Crippen molar-refractivity contribution >= 4 is 23.2 Å². The van der Waals surface area contributed by atoms with Crippen LogP contribution in [0.5, 0.6) is 0 Å². The highest BCUT2D eigenvalue weighted by Gasteiger charge is 2.23.